The van der Waals surface area contributed by atoms with Gasteiger partial charge in [-0.3, -0.25) is 19.2 Å². The van der Waals surface area contributed by atoms with Gasteiger partial charge < -0.3 is 44.6 Å². The number of aryl methyl sites for hydroxylation is 1. The number of nitrogens with two attached hydrogens (primary N) is 1. The van der Waals surface area contributed by atoms with Gasteiger partial charge in [-0.15, -0.1) is 0 Å². The van der Waals surface area contributed by atoms with Crippen LogP contribution < -0.4 is 34.7 Å². The van der Waals surface area contributed by atoms with Crippen LogP contribution in [0.1, 0.15) is 88.9 Å². The van der Waals surface area contributed by atoms with Crippen LogP contribution >= 0.6 is 0 Å². The van der Waals surface area contributed by atoms with Crippen molar-refractivity contribution >= 4 is 40.4 Å². The number of fused-ring (bicyclic) bond motifs is 3. The highest BCUT2D eigenvalue weighted by Crippen LogP contribution is 2.49. The van der Waals surface area contributed by atoms with Gasteiger partial charge in [0.25, 0.3) is 5.91 Å². The lowest BCUT2D eigenvalue weighted by Crippen LogP contribution is -2.56. The molecule has 10 rings (SSSR count). The minimum absolute atomic E-state index is 0.00334. The molecule has 4 N–H and O–H groups in total. The molecule has 3 atom stereocenters. The van der Waals surface area contributed by atoms with Crippen LogP contribution in [0.3, 0.4) is 0 Å². The lowest BCUT2D eigenvalue weighted by molar-refractivity contribution is -0.143. The molecule has 1 saturated heterocycles. The Morgan fingerprint density at radius 2 is 1.64 bits per heavy atom. The number of carbonyl (C=O) groups is 4. The first kappa shape index (κ1) is 43.7. The maximum Gasteiger partial charge on any atom is 0.255 e. The molecule has 3 aliphatic heterocycles. The number of H-pyrrole nitrogens is 1. The molecular formula is C50H54N8O9. The number of aromatic amines is 1. The van der Waals surface area contributed by atoms with Crippen LogP contribution in [0.25, 0.3) is 22.3 Å². The summed E-state index contributed by atoms with van der Waals surface area (Å²) in [5, 5.41) is 9.84. The van der Waals surface area contributed by atoms with Crippen molar-refractivity contribution in [2.45, 2.75) is 76.8 Å². The van der Waals surface area contributed by atoms with Crippen LogP contribution in [0.2, 0.25) is 0 Å². The fraction of sp³-hybridized carbons (Fsp3) is 0.420. The highest BCUT2D eigenvalue weighted by Gasteiger charge is 2.44. The Hall–Kier alpha value is -7.17. The van der Waals surface area contributed by atoms with Crippen molar-refractivity contribution in [1.29, 1.82) is 0 Å². The third-order valence-corrected chi connectivity index (χ3v) is 13.9. The number of likely N-dealkylation sites (tertiary alicyclic amines) is 1. The number of nitrogens with zero attached hydrogens (tertiary/aromatic N) is 5. The summed E-state index contributed by atoms with van der Waals surface area (Å²) in [4.78, 5) is 69.9. The summed E-state index contributed by atoms with van der Waals surface area (Å²) in [6.45, 7) is 3.07. The number of methoxy groups -OCH3 is 2. The van der Waals surface area contributed by atoms with Gasteiger partial charge in [-0.2, -0.15) is 5.10 Å². The molecule has 17 heteroatoms. The van der Waals surface area contributed by atoms with Crippen molar-refractivity contribution in [3.8, 4) is 40.0 Å². The maximum atomic E-state index is 14.7. The summed E-state index contributed by atoms with van der Waals surface area (Å²) >= 11 is 0. The third-order valence-electron chi connectivity index (χ3n) is 13.9. The molecule has 5 heterocycles. The zero-order valence-corrected chi connectivity index (χ0v) is 37.8. The average Bonchev–Trinajstić information content (AvgIpc) is 3.95. The van der Waals surface area contributed by atoms with Crippen molar-refractivity contribution in [3.05, 3.63) is 88.9 Å². The molecule has 2 saturated carbocycles. The molecule has 4 amide bonds. The van der Waals surface area contributed by atoms with Crippen molar-refractivity contribution < 1.29 is 42.9 Å². The highest BCUT2D eigenvalue weighted by molar-refractivity contribution is 6.11. The van der Waals surface area contributed by atoms with Gasteiger partial charge in [-0.1, -0.05) is 25.0 Å². The molecule has 17 nitrogen and oxygen atoms in total. The van der Waals surface area contributed by atoms with Crippen molar-refractivity contribution in [3.63, 3.8) is 0 Å². The van der Waals surface area contributed by atoms with Gasteiger partial charge in [0.2, 0.25) is 24.5 Å². The van der Waals surface area contributed by atoms with E-state index in [0.29, 0.717) is 101 Å². The molecule has 0 unspecified atom stereocenters. The highest BCUT2D eigenvalue weighted by atomic mass is 16.7. The number of hydrogen-bond acceptors (Lipinski definition) is 12. The lowest BCUT2D eigenvalue weighted by atomic mass is 9.73. The predicted molar refractivity (Wildman–Crippen MR) is 246 cm³/mol. The first-order valence-corrected chi connectivity index (χ1v) is 23.1. The predicted octanol–water partition coefficient (Wildman–Crippen LogP) is 5.95. The molecule has 3 aromatic carbocycles. The van der Waals surface area contributed by atoms with Crippen molar-refractivity contribution in [2.24, 2.45) is 28.6 Å². The lowest BCUT2D eigenvalue weighted by Gasteiger charge is -2.43. The van der Waals surface area contributed by atoms with Crippen LogP contribution in [0.5, 0.6) is 28.7 Å². The SMILES string of the molecule is COc1ccc(C2=NN(C3CCN(C(=O)[C@@H](Cc4ccc(C(N)=O)cc4)NC(=O)c4c(C)[nH]c5c(-c6c(OCC7CC7)ccc7c6OCO7)ncnc45)CC3)C(=O)[C@@H]3CCCC[C@H]23)cc1OC. The number of nitrogens with one attached hydrogen (secondary N) is 2. The summed E-state index contributed by atoms with van der Waals surface area (Å²) < 4.78 is 29.1. The Bertz CT molecular complexity index is 2780. The van der Waals surface area contributed by atoms with Gasteiger partial charge >= 0.3 is 0 Å². The Labute approximate surface area is 387 Å². The maximum absolute atomic E-state index is 14.7. The van der Waals surface area contributed by atoms with E-state index < -0.39 is 17.9 Å². The minimum Gasteiger partial charge on any atom is -0.493 e. The molecule has 0 spiro atoms. The number of ether oxygens (including phenoxy) is 5. The average molecular weight is 911 g/mol. The Balaban J connectivity index is 0.916. The first-order valence-electron chi connectivity index (χ1n) is 23.1. The first-order chi connectivity index (χ1) is 32.6. The molecule has 3 fully saturated rings. The normalized spacial score (nSPS) is 19.7. The van der Waals surface area contributed by atoms with Crippen molar-refractivity contribution in [1.82, 2.24) is 30.2 Å². The number of piperidine rings is 1. The topological polar surface area (TPSA) is 213 Å². The Kier molecular flexibility index (Phi) is 11.9. The summed E-state index contributed by atoms with van der Waals surface area (Å²) in [5.74, 6) is 1.85. The van der Waals surface area contributed by atoms with E-state index in [0.717, 1.165) is 55.4 Å². The smallest absolute Gasteiger partial charge is 0.255 e. The van der Waals surface area contributed by atoms with E-state index in [1.54, 1.807) is 55.3 Å². The summed E-state index contributed by atoms with van der Waals surface area (Å²) in [7, 11) is 3.20. The fourth-order valence-electron chi connectivity index (χ4n) is 10.1. The monoisotopic (exact) mass is 910 g/mol. The molecule has 5 aromatic rings. The van der Waals surface area contributed by atoms with E-state index >= 15 is 0 Å². The number of amides is 4. The summed E-state index contributed by atoms with van der Waals surface area (Å²) in [5.41, 5.74) is 11.1. The second-order valence-electron chi connectivity index (χ2n) is 18.1. The Morgan fingerprint density at radius 3 is 2.37 bits per heavy atom. The molecule has 348 valence electrons. The molecule has 2 aromatic heterocycles. The summed E-state index contributed by atoms with van der Waals surface area (Å²) in [6, 6.07) is 14.9. The van der Waals surface area contributed by atoms with Gasteiger partial charge in [0, 0.05) is 48.2 Å². The van der Waals surface area contributed by atoms with Gasteiger partial charge in [0.05, 0.1) is 49.2 Å². The molecule has 67 heavy (non-hydrogen) atoms. The fourth-order valence-corrected chi connectivity index (χ4v) is 10.1. The number of hydrazone groups is 1. The minimum atomic E-state index is -1.01. The van der Waals surface area contributed by atoms with E-state index in [1.807, 2.05) is 30.3 Å². The van der Waals surface area contributed by atoms with E-state index in [1.165, 1.54) is 6.33 Å². The summed E-state index contributed by atoms with van der Waals surface area (Å²) in [6.07, 6.45) is 8.44. The number of hydrogen-bond donors (Lipinski definition) is 3. The molecule has 5 aliphatic rings. The van der Waals surface area contributed by atoms with Crippen LogP contribution in [0.4, 0.5) is 0 Å². The molecule has 2 aliphatic carbocycles. The van der Waals surface area contributed by atoms with Crippen LogP contribution in [-0.4, -0.2) is 107 Å². The Morgan fingerprint density at radius 1 is 0.896 bits per heavy atom. The number of benzene rings is 3. The number of aromatic nitrogens is 3. The van der Waals surface area contributed by atoms with E-state index in [4.69, 9.17) is 34.5 Å². The van der Waals surface area contributed by atoms with Gasteiger partial charge in [0.1, 0.15) is 29.3 Å². The van der Waals surface area contributed by atoms with Crippen LogP contribution in [-0.2, 0) is 16.0 Å². The second-order valence-corrected chi connectivity index (χ2v) is 18.1. The second kappa shape index (κ2) is 18.2. The number of carbonyl (C=O) groups excluding carboxylic acids is 4. The van der Waals surface area contributed by atoms with E-state index in [-0.39, 0.29) is 48.5 Å². The standard InChI is InChI=1S/C50H54N8O9/c1-27-40(43-45(54-27)44(53-25-52-43)41-37(65-24-29-8-9-29)16-17-38-46(41)67-26-66-38)48(60)55-35(22-28-10-12-30(13-11-28)47(51)59)50(62)57-20-18-32(19-21-57)58-49(61)34-7-5-4-6-33(34)42(56-58)31-14-15-36(63-2)39(23-31)64-3/h10-17,23,25,29,32-35,54H,4-9,18-22,24,26H2,1-3H3,(H2,51,59)(H,55,60)/t33-,34+,35+/m0/s1. The largest absolute Gasteiger partial charge is 0.493 e. The van der Waals surface area contributed by atoms with Gasteiger partial charge in [-0.05, 0) is 99.4 Å². The quantitative estimate of drug-likeness (QED) is 0.118. The van der Waals surface area contributed by atoms with Crippen LogP contribution in [0, 0.1) is 24.7 Å². The van der Waals surface area contributed by atoms with E-state index in [2.05, 4.69) is 20.3 Å². The molecule has 0 radical (unpaired) electrons. The number of primary amides is 1. The van der Waals surface area contributed by atoms with Gasteiger partial charge in [-0.25, -0.2) is 15.0 Å². The molecular weight excluding hydrogens is 857 g/mol. The van der Waals surface area contributed by atoms with Crippen LogP contribution in [0.15, 0.2) is 66.0 Å². The molecule has 0 bridgehead atoms. The zero-order valence-electron chi connectivity index (χ0n) is 37.8. The van der Waals surface area contributed by atoms with Gasteiger partial charge in [0.15, 0.2) is 23.0 Å². The zero-order chi connectivity index (χ0) is 46.3. The number of rotatable bonds is 14. The van der Waals surface area contributed by atoms with E-state index in [9.17, 15) is 19.2 Å². The van der Waals surface area contributed by atoms with Crippen molar-refractivity contribution in [2.75, 3.05) is 40.7 Å². The third kappa shape index (κ3) is 8.46.